The molecule has 0 N–H and O–H groups in total. The number of rotatable bonds is 4. The van der Waals surface area contributed by atoms with E-state index in [1.165, 1.54) is 19.3 Å². The first-order valence-corrected chi connectivity index (χ1v) is 11.4. The third-order valence-corrected chi connectivity index (χ3v) is 7.31. The average Bonchev–Trinajstić information content (AvgIpc) is 3.65. The van der Waals surface area contributed by atoms with Crippen LogP contribution in [0.5, 0.6) is 0 Å². The van der Waals surface area contributed by atoms with E-state index in [1.807, 2.05) is 37.1 Å². The van der Waals surface area contributed by atoms with Crippen LogP contribution in [0, 0.1) is 17.8 Å². The zero-order valence-corrected chi connectivity index (χ0v) is 18.0. The van der Waals surface area contributed by atoms with Crippen LogP contribution in [0.1, 0.15) is 54.9 Å². The zero-order chi connectivity index (χ0) is 21.0. The third kappa shape index (κ3) is 3.72. The van der Waals surface area contributed by atoms with Crippen molar-refractivity contribution >= 4 is 23.4 Å². The molecule has 2 heterocycles. The molecular formula is C24H31N3O3. The highest BCUT2D eigenvalue weighted by Crippen LogP contribution is 2.45. The third-order valence-electron chi connectivity index (χ3n) is 7.31. The molecule has 0 aromatic heterocycles. The lowest BCUT2D eigenvalue weighted by Gasteiger charge is -2.33. The van der Waals surface area contributed by atoms with Crippen LogP contribution in [-0.4, -0.2) is 60.2 Å². The summed E-state index contributed by atoms with van der Waals surface area (Å²) in [4.78, 5) is 44.3. The number of ketones is 1. The van der Waals surface area contributed by atoms with Gasteiger partial charge >= 0.3 is 6.03 Å². The summed E-state index contributed by atoms with van der Waals surface area (Å²) in [7, 11) is 1.85. The largest absolute Gasteiger partial charge is 0.342 e. The van der Waals surface area contributed by atoms with Gasteiger partial charge in [0.05, 0.1) is 0 Å². The molecule has 2 saturated carbocycles. The second-order valence-corrected chi connectivity index (χ2v) is 9.88. The van der Waals surface area contributed by atoms with Gasteiger partial charge in [-0.05, 0) is 61.3 Å². The fourth-order valence-electron chi connectivity index (χ4n) is 5.14. The Bertz CT molecular complexity index is 884. The molecule has 0 spiro atoms. The quantitative estimate of drug-likeness (QED) is 0.766. The van der Waals surface area contributed by atoms with Crippen LogP contribution in [0.15, 0.2) is 18.2 Å². The number of carbonyl (C=O) groups is 3. The summed E-state index contributed by atoms with van der Waals surface area (Å²) >= 11 is 0. The van der Waals surface area contributed by atoms with Crippen LogP contribution in [0.3, 0.4) is 0 Å². The number of piperidine rings is 1. The Morgan fingerprint density at radius 2 is 1.90 bits per heavy atom. The zero-order valence-electron chi connectivity index (χ0n) is 18.0. The van der Waals surface area contributed by atoms with Crippen LogP contribution < -0.4 is 4.90 Å². The molecule has 2 aliphatic carbocycles. The maximum Gasteiger partial charge on any atom is 0.324 e. The smallest absolute Gasteiger partial charge is 0.324 e. The minimum absolute atomic E-state index is 0.00581. The van der Waals surface area contributed by atoms with Gasteiger partial charge in [-0.1, -0.05) is 12.8 Å². The molecule has 30 heavy (non-hydrogen) atoms. The Morgan fingerprint density at radius 3 is 2.60 bits per heavy atom. The second kappa shape index (κ2) is 7.40. The highest BCUT2D eigenvalue weighted by Gasteiger charge is 2.48. The number of fused-ring (bicyclic) bond motifs is 2. The standard InChI is InChI=1S/C24H31N3O3/c1-15-9-21(28)12-18-10-17(23(29)25(2)8-7-16-3-4-16)5-6-22(18)27(15)24(30)26-13-19-11-20(19)14-26/h5-6,10,15-16,19-20H,3-4,7-9,11-14H2,1-2H3/t15-,19?,20?/m0/s1. The van der Waals surface area contributed by atoms with Crippen LogP contribution in [0.25, 0.3) is 0 Å². The van der Waals surface area contributed by atoms with E-state index in [2.05, 4.69) is 0 Å². The van der Waals surface area contributed by atoms with Crippen LogP contribution >= 0.6 is 0 Å². The van der Waals surface area contributed by atoms with Crippen molar-refractivity contribution in [2.24, 2.45) is 17.8 Å². The van der Waals surface area contributed by atoms with E-state index in [0.29, 0.717) is 23.8 Å². The van der Waals surface area contributed by atoms with Gasteiger partial charge in [-0.2, -0.15) is 0 Å². The molecule has 5 rings (SSSR count). The molecule has 160 valence electrons. The summed E-state index contributed by atoms with van der Waals surface area (Å²) in [6.07, 6.45) is 5.50. The number of benzene rings is 1. The molecule has 0 radical (unpaired) electrons. The number of hydrogen-bond acceptors (Lipinski definition) is 3. The molecule has 6 nitrogen and oxygen atoms in total. The topological polar surface area (TPSA) is 60.9 Å². The Hall–Kier alpha value is -2.37. The fourth-order valence-corrected chi connectivity index (χ4v) is 5.14. The van der Waals surface area contributed by atoms with E-state index in [-0.39, 0.29) is 30.2 Å². The van der Waals surface area contributed by atoms with E-state index >= 15 is 0 Å². The van der Waals surface area contributed by atoms with E-state index in [9.17, 15) is 14.4 Å². The Balaban J connectivity index is 1.39. The monoisotopic (exact) mass is 409 g/mol. The maximum atomic E-state index is 13.3. The number of urea groups is 1. The SMILES string of the molecule is C[C@H]1CC(=O)Cc2cc(C(=O)N(C)CCC3CC3)ccc2N1C(=O)N1CC2CC2C1. The van der Waals surface area contributed by atoms with Crippen LogP contribution in [0.4, 0.5) is 10.5 Å². The lowest BCUT2D eigenvalue weighted by Crippen LogP contribution is -2.47. The minimum Gasteiger partial charge on any atom is -0.342 e. The first kappa shape index (κ1) is 19.6. The van der Waals surface area contributed by atoms with Crippen molar-refractivity contribution in [1.82, 2.24) is 9.80 Å². The normalized spacial score (nSPS) is 27.4. The lowest BCUT2D eigenvalue weighted by atomic mass is 10.0. The molecule has 6 heteroatoms. The van der Waals surface area contributed by atoms with Crippen molar-refractivity contribution in [3.63, 3.8) is 0 Å². The predicted molar refractivity (Wildman–Crippen MR) is 115 cm³/mol. The van der Waals surface area contributed by atoms with Crippen molar-refractivity contribution in [3.05, 3.63) is 29.3 Å². The molecule has 3 fully saturated rings. The van der Waals surface area contributed by atoms with Gasteiger partial charge in [0.2, 0.25) is 0 Å². The van der Waals surface area contributed by atoms with Crippen molar-refractivity contribution in [2.45, 2.75) is 51.5 Å². The summed E-state index contributed by atoms with van der Waals surface area (Å²) < 4.78 is 0. The van der Waals surface area contributed by atoms with Crippen molar-refractivity contribution < 1.29 is 14.4 Å². The van der Waals surface area contributed by atoms with Crippen LogP contribution in [-0.2, 0) is 11.2 Å². The molecule has 3 atom stereocenters. The molecular weight excluding hydrogens is 378 g/mol. The molecule has 0 bridgehead atoms. The van der Waals surface area contributed by atoms with Gasteiger partial charge in [0.25, 0.3) is 5.91 Å². The maximum absolute atomic E-state index is 13.3. The highest BCUT2D eigenvalue weighted by atomic mass is 16.2. The van der Waals surface area contributed by atoms with Gasteiger partial charge in [0.15, 0.2) is 0 Å². The predicted octanol–water partition coefficient (Wildman–Crippen LogP) is 3.34. The number of anilines is 1. The number of carbonyl (C=O) groups excluding carboxylic acids is 3. The molecule has 2 unspecified atom stereocenters. The molecule has 1 aromatic rings. The first-order chi connectivity index (χ1) is 14.4. The Morgan fingerprint density at radius 1 is 1.17 bits per heavy atom. The van der Waals surface area contributed by atoms with E-state index < -0.39 is 0 Å². The molecule has 2 aliphatic heterocycles. The molecule has 1 saturated heterocycles. The lowest BCUT2D eigenvalue weighted by molar-refractivity contribution is -0.118. The highest BCUT2D eigenvalue weighted by molar-refractivity contribution is 6.00. The summed E-state index contributed by atoms with van der Waals surface area (Å²) in [5, 5.41) is 0. The van der Waals surface area contributed by atoms with Gasteiger partial charge in [0, 0.05) is 56.8 Å². The first-order valence-electron chi connectivity index (χ1n) is 11.4. The molecule has 3 amide bonds. The Kier molecular flexibility index (Phi) is 4.83. The summed E-state index contributed by atoms with van der Waals surface area (Å²) in [6.45, 7) is 4.38. The molecule has 4 aliphatic rings. The van der Waals surface area contributed by atoms with Crippen LogP contribution in [0.2, 0.25) is 0 Å². The number of likely N-dealkylation sites (tertiary alicyclic amines) is 1. The second-order valence-electron chi connectivity index (χ2n) is 9.88. The van der Waals surface area contributed by atoms with Gasteiger partial charge < -0.3 is 9.80 Å². The number of amides is 3. The van der Waals surface area contributed by atoms with E-state index in [1.54, 1.807) is 9.80 Å². The average molecular weight is 410 g/mol. The fraction of sp³-hybridized carbons (Fsp3) is 0.625. The number of nitrogens with zero attached hydrogens (tertiary/aromatic N) is 3. The van der Waals surface area contributed by atoms with Crippen molar-refractivity contribution in [2.75, 3.05) is 31.6 Å². The van der Waals surface area contributed by atoms with Crippen molar-refractivity contribution in [1.29, 1.82) is 0 Å². The number of Topliss-reactive ketones (excluding diaryl/α,β-unsaturated/α-hetero) is 1. The van der Waals surface area contributed by atoms with Gasteiger partial charge in [0.1, 0.15) is 5.78 Å². The van der Waals surface area contributed by atoms with Crippen molar-refractivity contribution in [3.8, 4) is 0 Å². The summed E-state index contributed by atoms with van der Waals surface area (Å²) in [5.41, 5.74) is 2.18. The molecule has 1 aromatic carbocycles. The number of hydrogen-bond donors (Lipinski definition) is 0. The van der Waals surface area contributed by atoms with E-state index in [4.69, 9.17) is 0 Å². The van der Waals surface area contributed by atoms with Gasteiger partial charge in [-0.15, -0.1) is 0 Å². The summed E-state index contributed by atoms with van der Waals surface area (Å²) in [5.74, 6) is 2.23. The van der Waals surface area contributed by atoms with Gasteiger partial charge in [-0.3, -0.25) is 14.5 Å². The summed E-state index contributed by atoms with van der Waals surface area (Å²) in [6, 6.07) is 5.36. The minimum atomic E-state index is -0.175. The Labute approximate surface area is 178 Å². The van der Waals surface area contributed by atoms with E-state index in [0.717, 1.165) is 43.2 Å². The van der Waals surface area contributed by atoms with Gasteiger partial charge in [-0.25, -0.2) is 4.79 Å².